The molecule has 0 saturated heterocycles. The number of carbonyl (C=O) groups excluding carboxylic acids is 3. The van der Waals surface area contributed by atoms with Crippen LogP contribution in [-0.4, -0.2) is 49.8 Å². The Labute approximate surface area is 156 Å². The minimum atomic E-state index is -0.617. The number of esters is 1. The standard InChI is InChI=1S/C17H21N3O5S/c1-3-25-15(22)8-7-14(21)20-17(26)19-13-6-4-5-12(11-13)16(23)18-9-10-24-2/h4-8,11H,3,9-10H2,1-2H3,(H,18,23)(H2,19,20,21,26)/b8-7+. The number of benzene rings is 1. The van der Waals surface area contributed by atoms with Crippen molar-refractivity contribution in [2.45, 2.75) is 6.92 Å². The topological polar surface area (TPSA) is 106 Å². The van der Waals surface area contributed by atoms with Crippen LogP contribution in [0, 0.1) is 0 Å². The van der Waals surface area contributed by atoms with Gasteiger partial charge in [0.15, 0.2) is 5.11 Å². The molecular weight excluding hydrogens is 358 g/mol. The number of carbonyl (C=O) groups is 3. The number of ether oxygens (including phenoxy) is 2. The fourth-order valence-electron chi connectivity index (χ4n) is 1.76. The summed E-state index contributed by atoms with van der Waals surface area (Å²) < 4.78 is 9.53. The molecule has 0 fully saturated rings. The molecule has 26 heavy (non-hydrogen) atoms. The van der Waals surface area contributed by atoms with Gasteiger partial charge in [-0.3, -0.25) is 14.9 Å². The first-order valence-electron chi connectivity index (χ1n) is 7.80. The van der Waals surface area contributed by atoms with E-state index in [0.29, 0.717) is 24.4 Å². The lowest BCUT2D eigenvalue weighted by atomic mass is 10.2. The summed E-state index contributed by atoms with van der Waals surface area (Å²) >= 11 is 5.03. The van der Waals surface area contributed by atoms with Crippen molar-refractivity contribution in [3.8, 4) is 0 Å². The van der Waals surface area contributed by atoms with Crippen LogP contribution in [0.5, 0.6) is 0 Å². The Hall–Kier alpha value is -2.78. The molecule has 0 unspecified atom stereocenters. The van der Waals surface area contributed by atoms with Crippen molar-refractivity contribution >= 4 is 40.8 Å². The predicted octanol–water partition coefficient (Wildman–Crippen LogP) is 0.995. The third kappa shape index (κ3) is 8.36. The van der Waals surface area contributed by atoms with Crippen LogP contribution in [0.25, 0.3) is 0 Å². The van der Waals surface area contributed by atoms with Crippen LogP contribution >= 0.6 is 12.2 Å². The van der Waals surface area contributed by atoms with Crippen molar-refractivity contribution in [1.82, 2.24) is 10.6 Å². The van der Waals surface area contributed by atoms with E-state index in [1.807, 2.05) is 0 Å². The maximum Gasteiger partial charge on any atom is 0.330 e. The molecule has 0 radical (unpaired) electrons. The summed E-state index contributed by atoms with van der Waals surface area (Å²) in [7, 11) is 1.55. The summed E-state index contributed by atoms with van der Waals surface area (Å²) in [5.41, 5.74) is 0.964. The summed E-state index contributed by atoms with van der Waals surface area (Å²) in [5.74, 6) is -1.45. The lowest BCUT2D eigenvalue weighted by Gasteiger charge is -2.10. The van der Waals surface area contributed by atoms with Crippen LogP contribution in [0.15, 0.2) is 36.4 Å². The van der Waals surface area contributed by atoms with Gasteiger partial charge >= 0.3 is 5.97 Å². The number of anilines is 1. The first-order chi connectivity index (χ1) is 12.5. The highest BCUT2D eigenvalue weighted by molar-refractivity contribution is 7.80. The molecule has 140 valence electrons. The summed E-state index contributed by atoms with van der Waals surface area (Å²) in [6.45, 7) is 2.70. The number of amides is 2. The highest BCUT2D eigenvalue weighted by atomic mass is 32.1. The molecule has 0 heterocycles. The number of hydrogen-bond donors (Lipinski definition) is 3. The molecule has 1 rings (SSSR count). The molecule has 3 N–H and O–H groups in total. The number of hydrogen-bond acceptors (Lipinski definition) is 6. The predicted molar refractivity (Wildman–Crippen MR) is 101 cm³/mol. The lowest BCUT2D eigenvalue weighted by molar-refractivity contribution is -0.137. The molecule has 0 aliphatic heterocycles. The van der Waals surface area contributed by atoms with Crippen LogP contribution < -0.4 is 16.0 Å². The number of nitrogens with one attached hydrogen (secondary N) is 3. The first-order valence-corrected chi connectivity index (χ1v) is 8.21. The third-order valence-corrected chi connectivity index (χ3v) is 3.07. The van der Waals surface area contributed by atoms with Gasteiger partial charge in [0, 0.05) is 37.1 Å². The fraction of sp³-hybridized carbons (Fsp3) is 0.294. The van der Waals surface area contributed by atoms with Crippen LogP contribution in [0.3, 0.4) is 0 Å². The van der Waals surface area contributed by atoms with Gasteiger partial charge in [-0.2, -0.15) is 0 Å². The molecule has 0 aliphatic carbocycles. The largest absolute Gasteiger partial charge is 0.463 e. The van der Waals surface area contributed by atoms with Crippen LogP contribution in [-0.2, 0) is 19.1 Å². The minimum Gasteiger partial charge on any atom is -0.463 e. The Morgan fingerprint density at radius 2 is 2.00 bits per heavy atom. The molecule has 1 aromatic carbocycles. The van der Waals surface area contributed by atoms with E-state index in [1.54, 1.807) is 38.3 Å². The SMILES string of the molecule is CCOC(=O)/C=C/C(=O)NC(=S)Nc1cccc(C(=O)NCCOC)c1. The lowest BCUT2D eigenvalue weighted by Crippen LogP contribution is -2.33. The molecular formula is C17H21N3O5S. The summed E-state index contributed by atoms with van der Waals surface area (Å²) in [5, 5.41) is 7.91. The van der Waals surface area contributed by atoms with Crippen molar-refractivity contribution in [3.63, 3.8) is 0 Å². The summed E-state index contributed by atoms with van der Waals surface area (Å²) in [4.78, 5) is 34.8. The monoisotopic (exact) mass is 379 g/mol. The van der Waals surface area contributed by atoms with Gasteiger partial charge in [-0.05, 0) is 37.3 Å². The molecule has 0 saturated carbocycles. The van der Waals surface area contributed by atoms with Crippen LogP contribution in [0.4, 0.5) is 5.69 Å². The zero-order chi connectivity index (χ0) is 19.4. The van der Waals surface area contributed by atoms with Gasteiger partial charge in [0.2, 0.25) is 5.91 Å². The maximum absolute atomic E-state index is 12.0. The van der Waals surface area contributed by atoms with Gasteiger partial charge in [-0.15, -0.1) is 0 Å². The second-order valence-corrected chi connectivity index (χ2v) is 5.27. The van der Waals surface area contributed by atoms with E-state index in [-0.39, 0.29) is 17.6 Å². The average molecular weight is 379 g/mol. The quantitative estimate of drug-likeness (QED) is 0.268. The normalized spacial score (nSPS) is 10.2. The van der Waals surface area contributed by atoms with E-state index in [2.05, 4.69) is 20.7 Å². The number of thiocarbonyl (C=S) groups is 1. The molecule has 9 heteroatoms. The van der Waals surface area contributed by atoms with Gasteiger partial charge in [-0.25, -0.2) is 4.79 Å². The van der Waals surface area contributed by atoms with Crippen molar-refractivity contribution < 1.29 is 23.9 Å². The fourth-order valence-corrected chi connectivity index (χ4v) is 1.98. The number of methoxy groups -OCH3 is 1. The van der Waals surface area contributed by atoms with Crippen LogP contribution in [0.1, 0.15) is 17.3 Å². The van der Waals surface area contributed by atoms with E-state index in [9.17, 15) is 14.4 Å². The van der Waals surface area contributed by atoms with Crippen LogP contribution in [0.2, 0.25) is 0 Å². The zero-order valence-corrected chi connectivity index (χ0v) is 15.4. The molecule has 0 aromatic heterocycles. The van der Waals surface area contributed by atoms with Crippen molar-refractivity contribution in [2.75, 3.05) is 32.2 Å². The molecule has 0 atom stereocenters. The molecule has 0 spiro atoms. The zero-order valence-electron chi connectivity index (χ0n) is 14.5. The Bertz CT molecular complexity index is 691. The van der Waals surface area contributed by atoms with E-state index in [1.165, 1.54) is 0 Å². The third-order valence-electron chi connectivity index (χ3n) is 2.87. The summed E-state index contributed by atoms with van der Waals surface area (Å²) in [6.07, 6.45) is 2.03. The first kappa shape index (κ1) is 21.3. The molecule has 0 aliphatic rings. The molecule has 0 bridgehead atoms. The average Bonchev–Trinajstić information content (AvgIpc) is 2.60. The Morgan fingerprint density at radius 1 is 1.23 bits per heavy atom. The number of rotatable bonds is 8. The van der Waals surface area contributed by atoms with Gasteiger partial charge in [-0.1, -0.05) is 6.07 Å². The van der Waals surface area contributed by atoms with Crippen molar-refractivity contribution in [2.24, 2.45) is 0 Å². The van der Waals surface area contributed by atoms with Gasteiger partial charge in [0.25, 0.3) is 5.91 Å². The van der Waals surface area contributed by atoms with E-state index < -0.39 is 11.9 Å². The van der Waals surface area contributed by atoms with E-state index in [4.69, 9.17) is 17.0 Å². The Morgan fingerprint density at radius 3 is 2.69 bits per heavy atom. The summed E-state index contributed by atoms with van der Waals surface area (Å²) in [6, 6.07) is 6.61. The second-order valence-electron chi connectivity index (χ2n) is 4.86. The maximum atomic E-state index is 12.0. The van der Waals surface area contributed by atoms with Gasteiger partial charge < -0.3 is 20.1 Å². The van der Waals surface area contributed by atoms with Gasteiger partial charge in [0.1, 0.15) is 0 Å². The second kappa shape index (κ2) is 11.7. The van der Waals surface area contributed by atoms with E-state index in [0.717, 1.165) is 12.2 Å². The van der Waals surface area contributed by atoms with Gasteiger partial charge in [0.05, 0.1) is 13.2 Å². The highest BCUT2D eigenvalue weighted by Crippen LogP contribution is 2.10. The Balaban J connectivity index is 2.56. The minimum absolute atomic E-state index is 0.0282. The molecule has 2 amide bonds. The molecule has 1 aromatic rings. The smallest absolute Gasteiger partial charge is 0.330 e. The van der Waals surface area contributed by atoms with Crippen molar-refractivity contribution in [1.29, 1.82) is 0 Å². The van der Waals surface area contributed by atoms with E-state index >= 15 is 0 Å². The Kier molecular flexibility index (Phi) is 9.58. The van der Waals surface area contributed by atoms with Crippen molar-refractivity contribution in [3.05, 3.63) is 42.0 Å². The highest BCUT2D eigenvalue weighted by Gasteiger charge is 2.07. The molecule has 8 nitrogen and oxygen atoms in total.